The average Bonchev–Trinajstić information content (AvgIpc) is 2.11. The Labute approximate surface area is 90.8 Å². The van der Waals surface area contributed by atoms with Gasteiger partial charge in [-0.25, -0.2) is 0 Å². The van der Waals surface area contributed by atoms with E-state index in [0.29, 0.717) is 12.8 Å². The van der Waals surface area contributed by atoms with Gasteiger partial charge in [-0.15, -0.1) is 13.2 Å². The molecule has 0 heterocycles. The van der Waals surface area contributed by atoms with E-state index in [4.69, 9.17) is 0 Å². The van der Waals surface area contributed by atoms with E-state index in [1.165, 1.54) is 0 Å². The molecule has 0 amide bonds. The van der Waals surface area contributed by atoms with Crippen molar-refractivity contribution in [1.29, 1.82) is 0 Å². The molecule has 0 atom stereocenters. The molecule has 0 aliphatic carbocycles. The Hall–Kier alpha value is -1.38. The van der Waals surface area contributed by atoms with Crippen molar-refractivity contribution in [1.82, 2.24) is 0 Å². The summed E-state index contributed by atoms with van der Waals surface area (Å²) >= 11 is 0. The molecule has 0 rings (SSSR count). The average molecular weight is 210 g/mol. The first kappa shape index (κ1) is 13.6. The van der Waals surface area contributed by atoms with E-state index in [9.17, 15) is 9.59 Å². The van der Waals surface area contributed by atoms with E-state index in [1.54, 1.807) is 0 Å². The van der Waals surface area contributed by atoms with Gasteiger partial charge in [0.05, 0.1) is 0 Å². The maximum atomic E-state index is 11.1. The van der Waals surface area contributed by atoms with Crippen molar-refractivity contribution in [2.75, 3.05) is 0 Å². The number of carbonyl (C=O) groups excluding carboxylic acids is 2. The van der Waals surface area contributed by atoms with Crippen LogP contribution in [0.25, 0.3) is 0 Å². The highest BCUT2D eigenvalue weighted by atomic mass is 16.6. The van der Waals surface area contributed by atoms with Gasteiger partial charge >= 0.3 is 11.9 Å². The molecule has 0 aromatic rings. The van der Waals surface area contributed by atoms with Gasteiger partial charge in [-0.3, -0.25) is 9.59 Å². The number of carbonyl (C=O) groups is 2. The molecule has 3 nitrogen and oxygen atoms in total. The topological polar surface area (TPSA) is 43.4 Å². The second-order valence-electron chi connectivity index (χ2n) is 3.76. The lowest BCUT2D eigenvalue weighted by Crippen LogP contribution is -2.11. The van der Waals surface area contributed by atoms with Crippen LogP contribution in [0.4, 0.5) is 0 Å². The maximum Gasteiger partial charge on any atom is 0.313 e. The number of esters is 2. The van der Waals surface area contributed by atoms with Gasteiger partial charge in [0.1, 0.15) is 0 Å². The van der Waals surface area contributed by atoms with Crippen LogP contribution in [0.3, 0.4) is 0 Å². The van der Waals surface area contributed by atoms with Crippen molar-refractivity contribution in [3.63, 3.8) is 0 Å². The monoisotopic (exact) mass is 210 g/mol. The van der Waals surface area contributed by atoms with Crippen LogP contribution in [0.15, 0.2) is 24.3 Å². The minimum atomic E-state index is -0.482. The van der Waals surface area contributed by atoms with Crippen LogP contribution < -0.4 is 0 Å². The highest BCUT2D eigenvalue weighted by molar-refractivity contribution is 5.85. The normalized spacial score (nSPS) is 9.47. The summed E-state index contributed by atoms with van der Waals surface area (Å²) in [6, 6.07) is 0. The van der Waals surface area contributed by atoms with Gasteiger partial charge in [0.15, 0.2) is 0 Å². The molecule has 3 heteroatoms. The van der Waals surface area contributed by atoms with E-state index in [2.05, 4.69) is 17.9 Å². The highest BCUT2D eigenvalue weighted by Gasteiger charge is 2.09. The van der Waals surface area contributed by atoms with Crippen molar-refractivity contribution in [3.05, 3.63) is 24.3 Å². The fraction of sp³-hybridized carbons (Fsp3) is 0.500. The Kier molecular flexibility index (Phi) is 6.34. The van der Waals surface area contributed by atoms with Crippen molar-refractivity contribution in [3.8, 4) is 0 Å². The molecular formula is C12H18O3. The van der Waals surface area contributed by atoms with E-state index in [0.717, 1.165) is 11.1 Å². The zero-order valence-electron chi connectivity index (χ0n) is 9.47. The Morgan fingerprint density at radius 3 is 1.47 bits per heavy atom. The van der Waals surface area contributed by atoms with E-state index in [1.807, 2.05) is 13.8 Å². The van der Waals surface area contributed by atoms with Crippen LogP contribution in [0.1, 0.15) is 39.5 Å². The molecule has 0 N–H and O–H groups in total. The van der Waals surface area contributed by atoms with Crippen molar-refractivity contribution < 1.29 is 14.3 Å². The second-order valence-corrected chi connectivity index (χ2v) is 3.76. The Morgan fingerprint density at radius 1 is 0.867 bits per heavy atom. The van der Waals surface area contributed by atoms with Gasteiger partial charge < -0.3 is 4.74 Å². The molecule has 15 heavy (non-hydrogen) atoms. The molecule has 0 aromatic heterocycles. The van der Waals surface area contributed by atoms with Crippen LogP contribution in [0, 0.1) is 0 Å². The van der Waals surface area contributed by atoms with Crippen LogP contribution in [0.5, 0.6) is 0 Å². The van der Waals surface area contributed by atoms with Gasteiger partial charge in [0.25, 0.3) is 0 Å². The van der Waals surface area contributed by atoms with Crippen LogP contribution in [0.2, 0.25) is 0 Å². The Balaban J connectivity index is 3.71. The molecule has 0 saturated heterocycles. The first-order valence-electron chi connectivity index (χ1n) is 4.94. The third kappa shape index (κ3) is 8.94. The first-order chi connectivity index (χ1) is 6.91. The summed E-state index contributed by atoms with van der Waals surface area (Å²) in [7, 11) is 0. The molecule has 0 bridgehead atoms. The van der Waals surface area contributed by atoms with Gasteiger partial charge in [-0.2, -0.15) is 0 Å². The number of hydrogen-bond donors (Lipinski definition) is 0. The van der Waals surface area contributed by atoms with Gasteiger partial charge in [-0.05, 0) is 26.7 Å². The fourth-order valence-corrected chi connectivity index (χ4v) is 0.860. The van der Waals surface area contributed by atoms with Gasteiger partial charge in [0.2, 0.25) is 0 Å². The lowest BCUT2D eigenvalue weighted by Gasteiger charge is -2.02. The minimum Gasteiger partial charge on any atom is -0.393 e. The largest absolute Gasteiger partial charge is 0.393 e. The van der Waals surface area contributed by atoms with Crippen LogP contribution in [-0.2, 0) is 14.3 Å². The fourth-order valence-electron chi connectivity index (χ4n) is 0.860. The summed E-state index contributed by atoms with van der Waals surface area (Å²) < 4.78 is 4.59. The van der Waals surface area contributed by atoms with Crippen molar-refractivity contribution in [2.24, 2.45) is 0 Å². The molecule has 0 saturated carbocycles. The van der Waals surface area contributed by atoms with Crippen molar-refractivity contribution in [2.45, 2.75) is 39.5 Å². The summed E-state index contributed by atoms with van der Waals surface area (Å²) in [6.07, 6.45) is 1.56. The van der Waals surface area contributed by atoms with E-state index < -0.39 is 11.9 Å². The molecule has 0 aliphatic heterocycles. The molecule has 0 unspecified atom stereocenters. The summed E-state index contributed by atoms with van der Waals surface area (Å²) in [4.78, 5) is 22.2. The lowest BCUT2D eigenvalue weighted by atomic mass is 10.2. The summed E-state index contributed by atoms with van der Waals surface area (Å²) in [6.45, 7) is 11.0. The standard InChI is InChI=1S/C12H18O3/c1-9(2)5-7-11(13)15-12(14)8-6-10(3)4/h1,3,5-8H2,2,4H3. The molecular weight excluding hydrogens is 192 g/mol. The predicted molar refractivity (Wildman–Crippen MR) is 59.2 cm³/mol. The second kappa shape index (κ2) is 6.98. The molecule has 0 aromatic carbocycles. The Morgan fingerprint density at radius 2 is 1.20 bits per heavy atom. The maximum absolute atomic E-state index is 11.1. The lowest BCUT2D eigenvalue weighted by molar-refractivity contribution is -0.159. The third-order valence-corrected chi connectivity index (χ3v) is 1.74. The first-order valence-corrected chi connectivity index (χ1v) is 4.94. The van der Waals surface area contributed by atoms with E-state index in [-0.39, 0.29) is 12.8 Å². The summed E-state index contributed by atoms with van der Waals surface area (Å²) in [5.41, 5.74) is 1.81. The SMILES string of the molecule is C=C(C)CCC(=O)OC(=O)CCC(=C)C. The van der Waals surface area contributed by atoms with Crippen LogP contribution in [-0.4, -0.2) is 11.9 Å². The molecule has 84 valence electrons. The summed E-state index contributed by atoms with van der Waals surface area (Å²) in [5.74, 6) is -0.963. The number of ether oxygens (including phenoxy) is 1. The zero-order valence-corrected chi connectivity index (χ0v) is 9.47. The quantitative estimate of drug-likeness (QED) is 0.384. The highest BCUT2D eigenvalue weighted by Crippen LogP contribution is 2.05. The van der Waals surface area contributed by atoms with Crippen LogP contribution >= 0.6 is 0 Å². The van der Waals surface area contributed by atoms with Gasteiger partial charge in [0, 0.05) is 12.8 Å². The molecule has 0 aliphatic rings. The zero-order chi connectivity index (χ0) is 11.8. The predicted octanol–water partition coefficient (Wildman–Crippen LogP) is 2.77. The number of hydrogen-bond acceptors (Lipinski definition) is 3. The Bertz CT molecular complexity index is 249. The smallest absolute Gasteiger partial charge is 0.313 e. The number of allylic oxidation sites excluding steroid dienone is 2. The molecule has 0 spiro atoms. The third-order valence-electron chi connectivity index (χ3n) is 1.74. The van der Waals surface area contributed by atoms with Crippen molar-refractivity contribution >= 4 is 11.9 Å². The molecule has 0 radical (unpaired) electrons. The van der Waals surface area contributed by atoms with Gasteiger partial charge in [-0.1, -0.05) is 11.1 Å². The molecule has 0 fully saturated rings. The summed E-state index contributed by atoms with van der Waals surface area (Å²) in [5, 5.41) is 0. The van der Waals surface area contributed by atoms with E-state index >= 15 is 0 Å². The minimum absolute atomic E-state index is 0.216. The number of rotatable bonds is 6.